The van der Waals surface area contributed by atoms with E-state index in [1.165, 1.54) is 11.8 Å². The second kappa shape index (κ2) is 9.07. The monoisotopic (exact) mass is 437 g/mol. The summed E-state index contributed by atoms with van der Waals surface area (Å²) in [4.78, 5) is 12.9. The summed E-state index contributed by atoms with van der Waals surface area (Å²) in [5, 5.41) is 13.3. The van der Waals surface area contributed by atoms with Gasteiger partial charge in [-0.15, -0.1) is 12.4 Å². The number of rotatable bonds is 5. The topological polar surface area (TPSA) is 92.1 Å². The minimum Gasteiger partial charge on any atom is -0.458 e. The zero-order valence-electron chi connectivity index (χ0n) is 16.1. The van der Waals surface area contributed by atoms with Crippen LogP contribution in [0.15, 0.2) is 82.5 Å². The van der Waals surface area contributed by atoms with Gasteiger partial charge in [-0.2, -0.15) is 0 Å². The first-order valence-electron chi connectivity index (χ1n) is 8.96. The zero-order valence-corrected chi connectivity index (χ0v) is 17.8. The van der Waals surface area contributed by atoms with Gasteiger partial charge in [0, 0.05) is 22.4 Å². The summed E-state index contributed by atoms with van der Waals surface area (Å²) in [5.74, 6) is -0.190. The normalized spacial score (nSPS) is 10.4. The molecule has 1 amide bonds. The number of hydrogen-bond acceptors (Lipinski definition) is 4. The maximum absolute atomic E-state index is 12.9. The van der Waals surface area contributed by atoms with Crippen molar-refractivity contribution in [2.24, 2.45) is 5.73 Å². The largest absolute Gasteiger partial charge is 0.458 e. The van der Waals surface area contributed by atoms with Gasteiger partial charge in [-0.1, -0.05) is 42.1 Å². The summed E-state index contributed by atoms with van der Waals surface area (Å²) >= 11 is 1.51. The van der Waals surface area contributed by atoms with E-state index in [0.29, 0.717) is 11.1 Å². The third kappa shape index (κ3) is 4.35. The first-order chi connectivity index (χ1) is 14.0. The number of benzene rings is 3. The number of carbonyl (C=O) groups excluding carboxylic acids is 1. The number of para-hydroxylation sites is 1. The maximum Gasteiger partial charge on any atom is 0.255 e. The van der Waals surface area contributed by atoms with Crippen molar-refractivity contribution in [1.29, 1.82) is 5.41 Å². The van der Waals surface area contributed by atoms with Crippen molar-refractivity contribution in [3.63, 3.8) is 0 Å². The number of anilines is 1. The highest BCUT2D eigenvalue weighted by Gasteiger charge is 2.15. The number of amidine groups is 1. The van der Waals surface area contributed by atoms with Crippen LogP contribution in [0.25, 0.3) is 21.9 Å². The molecule has 152 valence electrons. The van der Waals surface area contributed by atoms with E-state index >= 15 is 0 Å². The minimum atomic E-state index is -0.191. The zero-order chi connectivity index (χ0) is 20.4. The van der Waals surface area contributed by atoms with Crippen molar-refractivity contribution in [2.75, 3.05) is 11.6 Å². The van der Waals surface area contributed by atoms with Gasteiger partial charge in [-0.05, 0) is 59.0 Å². The SMILES string of the molecule is CSc1cc(-c2cc(C(=O)Nc3ccccc3)cc3ccc(C(=N)N)cc23)co1.Cl. The van der Waals surface area contributed by atoms with Gasteiger partial charge in [0.25, 0.3) is 5.91 Å². The first-order valence-corrected chi connectivity index (χ1v) is 10.2. The fourth-order valence-electron chi connectivity index (χ4n) is 3.18. The van der Waals surface area contributed by atoms with Gasteiger partial charge < -0.3 is 15.5 Å². The Kier molecular flexibility index (Phi) is 6.50. The van der Waals surface area contributed by atoms with E-state index in [2.05, 4.69) is 5.32 Å². The molecule has 0 aliphatic rings. The Bertz CT molecular complexity index is 1220. The summed E-state index contributed by atoms with van der Waals surface area (Å²) in [6.45, 7) is 0. The van der Waals surface area contributed by atoms with Gasteiger partial charge in [0.15, 0.2) is 5.09 Å². The van der Waals surface area contributed by atoms with Crippen molar-refractivity contribution in [2.45, 2.75) is 5.09 Å². The molecular weight excluding hydrogens is 418 g/mol. The summed E-state index contributed by atoms with van der Waals surface area (Å²) in [6.07, 6.45) is 3.62. The lowest BCUT2D eigenvalue weighted by atomic mass is 9.95. The Morgan fingerprint density at radius 1 is 1.03 bits per heavy atom. The molecule has 0 fully saturated rings. The molecule has 1 heterocycles. The van der Waals surface area contributed by atoms with E-state index in [0.717, 1.165) is 32.7 Å². The van der Waals surface area contributed by atoms with E-state index in [-0.39, 0.29) is 24.1 Å². The van der Waals surface area contributed by atoms with Crippen molar-refractivity contribution in [3.05, 3.63) is 84.1 Å². The van der Waals surface area contributed by atoms with Crippen LogP contribution in [0.3, 0.4) is 0 Å². The lowest BCUT2D eigenvalue weighted by Crippen LogP contribution is -2.12. The summed E-state index contributed by atoms with van der Waals surface area (Å²) in [7, 11) is 0. The van der Waals surface area contributed by atoms with Crippen LogP contribution < -0.4 is 11.1 Å². The second-order valence-electron chi connectivity index (χ2n) is 6.55. The van der Waals surface area contributed by atoms with Crippen molar-refractivity contribution in [1.82, 2.24) is 0 Å². The summed E-state index contributed by atoms with van der Waals surface area (Å²) in [5.41, 5.74) is 9.31. The number of carbonyl (C=O) groups is 1. The number of hydrogen-bond donors (Lipinski definition) is 3. The summed E-state index contributed by atoms with van der Waals surface area (Å²) in [6, 6.07) is 20.5. The minimum absolute atomic E-state index is 0. The molecule has 0 saturated heterocycles. The van der Waals surface area contributed by atoms with Crippen LogP contribution in [-0.4, -0.2) is 18.0 Å². The van der Waals surface area contributed by atoms with Gasteiger partial charge >= 0.3 is 0 Å². The van der Waals surface area contributed by atoms with Crippen LogP contribution in [0, 0.1) is 5.41 Å². The molecule has 5 nitrogen and oxygen atoms in total. The van der Waals surface area contributed by atoms with Crippen LogP contribution in [0.1, 0.15) is 15.9 Å². The van der Waals surface area contributed by atoms with E-state index in [1.807, 2.05) is 66.9 Å². The molecule has 0 unspecified atom stereocenters. The van der Waals surface area contributed by atoms with E-state index in [4.69, 9.17) is 15.6 Å². The highest BCUT2D eigenvalue weighted by molar-refractivity contribution is 7.98. The molecule has 7 heteroatoms. The number of amides is 1. The molecule has 0 saturated carbocycles. The predicted molar refractivity (Wildman–Crippen MR) is 126 cm³/mol. The smallest absolute Gasteiger partial charge is 0.255 e. The molecule has 0 radical (unpaired) electrons. The number of halogens is 1. The standard InChI is InChI=1S/C23H19N3O2S.ClH/c1-29-21-12-17(13-28-21)20-11-16(23(27)26-18-5-3-2-4-6-18)9-14-7-8-15(22(24)25)10-19(14)20;/h2-13H,1H3,(H3,24,25)(H,26,27);1H. The number of nitrogens with one attached hydrogen (secondary N) is 2. The third-order valence-corrected chi connectivity index (χ3v) is 5.26. The average Bonchev–Trinajstić information content (AvgIpc) is 3.22. The Balaban J connectivity index is 0.00000256. The fourth-order valence-corrected chi connectivity index (χ4v) is 3.57. The fraction of sp³-hybridized carbons (Fsp3) is 0.0435. The van der Waals surface area contributed by atoms with Crippen molar-refractivity contribution >= 4 is 52.4 Å². The number of nitrogens with two attached hydrogens (primary N) is 1. The maximum atomic E-state index is 12.9. The average molecular weight is 438 g/mol. The lowest BCUT2D eigenvalue weighted by Gasteiger charge is -2.11. The van der Waals surface area contributed by atoms with E-state index in [9.17, 15) is 4.79 Å². The molecule has 1 aromatic heterocycles. The third-order valence-electron chi connectivity index (χ3n) is 4.65. The molecule has 4 rings (SSSR count). The molecule has 0 atom stereocenters. The Labute approximate surface area is 184 Å². The van der Waals surface area contributed by atoms with Crippen LogP contribution in [0.5, 0.6) is 0 Å². The highest BCUT2D eigenvalue weighted by Crippen LogP contribution is 2.34. The van der Waals surface area contributed by atoms with Crippen LogP contribution in [-0.2, 0) is 0 Å². The van der Waals surface area contributed by atoms with Crippen LogP contribution in [0.2, 0.25) is 0 Å². The highest BCUT2D eigenvalue weighted by atomic mass is 35.5. The molecule has 3 aromatic carbocycles. The second-order valence-corrected chi connectivity index (χ2v) is 7.36. The molecule has 4 N–H and O–H groups in total. The summed E-state index contributed by atoms with van der Waals surface area (Å²) < 4.78 is 5.59. The van der Waals surface area contributed by atoms with Crippen molar-refractivity contribution < 1.29 is 9.21 Å². The number of fused-ring (bicyclic) bond motifs is 1. The Morgan fingerprint density at radius 3 is 2.47 bits per heavy atom. The molecule has 4 aromatic rings. The van der Waals surface area contributed by atoms with E-state index in [1.54, 1.807) is 12.3 Å². The van der Waals surface area contributed by atoms with Crippen molar-refractivity contribution in [3.8, 4) is 11.1 Å². The quantitative estimate of drug-likeness (QED) is 0.209. The van der Waals surface area contributed by atoms with Crippen LogP contribution >= 0.6 is 24.2 Å². The Morgan fingerprint density at radius 2 is 1.80 bits per heavy atom. The van der Waals surface area contributed by atoms with Gasteiger partial charge in [0.1, 0.15) is 5.84 Å². The van der Waals surface area contributed by atoms with Crippen LogP contribution in [0.4, 0.5) is 5.69 Å². The van der Waals surface area contributed by atoms with Gasteiger partial charge in [-0.25, -0.2) is 0 Å². The number of thioether (sulfide) groups is 1. The molecule has 0 spiro atoms. The lowest BCUT2D eigenvalue weighted by molar-refractivity contribution is 0.102. The molecular formula is C23H20ClN3O2S. The predicted octanol–water partition coefficient (Wildman–Crippen LogP) is 5.78. The number of furan rings is 1. The Hall–Kier alpha value is -3.22. The molecule has 0 bridgehead atoms. The molecule has 0 aliphatic heterocycles. The number of nitrogen functional groups attached to an aromatic ring is 1. The molecule has 30 heavy (non-hydrogen) atoms. The first kappa shape index (κ1) is 21.5. The van der Waals surface area contributed by atoms with Gasteiger partial charge in [0.05, 0.1) is 6.26 Å². The van der Waals surface area contributed by atoms with E-state index < -0.39 is 0 Å². The molecule has 0 aliphatic carbocycles. The van der Waals surface area contributed by atoms with Gasteiger partial charge in [0.2, 0.25) is 0 Å². The van der Waals surface area contributed by atoms with Gasteiger partial charge in [-0.3, -0.25) is 10.2 Å².